The number of amides is 1. The maximum atomic E-state index is 12.8. The van der Waals surface area contributed by atoms with Gasteiger partial charge in [-0.15, -0.1) is 0 Å². The van der Waals surface area contributed by atoms with E-state index >= 15 is 0 Å². The zero-order valence-electron chi connectivity index (χ0n) is 24.0. The van der Waals surface area contributed by atoms with Crippen LogP contribution in [0, 0.1) is 5.92 Å². The molecule has 3 aliphatic rings. The Hall–Kier alpha value is -3.27. The summed E-state index contributed by atoms with van der Waals surface area (Å²) in [6, 6.07) is 20.6. The minimum Gasteiger partial charge on any atom is -0.345 e. The molecule has 0 bridgehead atoms. The molecule has 8 nitrogen and oxygen atoms in total. The number of rotatable bonds is 7. The fourth-order valence-electron chi connectivity index (χ4n) is 5.85. The number of nitrogens with one attached hydrogen (secondary N) is 1. The van der Waals surface area contributed by atoms with Crippen molar-refractivity contribution in [3.05, 3.63) is 82.9 Å². The second-order valence-electron chi connectivity index (χ2n) is 11.1. The van der Waals surface area contributed by atoms with Crippen molar-refractivity contribution in [2.45, 2.75) is 63.1 Å². The number of aromatic amines is 1. The molecule has 3 N–H and O–H groups in total. The highest BCUT2D eigenvalue weighted by atomic mass is 19.3. The smallest absolute Gasteiger partial charge is 0.326 e. The van der Waals surface area contributed by atoms with Gasteiger partial charge < -0.3 is 15.6 Å². The minimum absolute atomic E-state index is 0.0755. The second kappa shape index (κ2) is 15.7. The van der Waals surface area contributed by atoms with Gasteiger partial charge in [-0.2, -0.15) is 4.94 Å². The predicted molar refractivity (Wildman–Crippen MR) is 160 cm³/mol. The number of carbonyl (C=O) groups is 1. The molecule has 1 amide bonds. The van der Waals surface area contributed by atoms with Crippen LogP contribution in [0.3, 0.4) is 0 Å². The normalized spacial score (nSPS) is 21.6. The van der Waals surface area contributed by atoms with Crippen LogP contribution in [0.25, 0.3) is 11.3 Å². The topological polar surface area (TPSA) is 96.6 Å². The SMILES string of the molecule is CN.FOC1CCC(c2ccccc2)CCN1CC1CC1.O=CN1CCC(n2cc(-c3ccccc3)[nH]c2=O)CC1. The summed E-state index contributed by atoms with van der Waals surface area (Å²) in [5, 5.41) is 0. The number of H-pyrrole nitrogens is 1. The molecule has 1 aliphatic carbocycles. The first-order valence-corrected chi connectivity index (χ1v) is 14.8. The van der Waals surface area contributed by atoms with E-state index in [0.29, 0.717) is 19.0 Å². The number of aromatic nitrogens is 2. The summed E-state index contributed by atoms with van der Waals surface area (Å²) in [5.74, 6) is 1.33. The first kappa shape index (κ1) is 30.7. The molecule has 1 aromatic heterocycles. The van der Waals surface area contributed by atoms with E-state index in [4.69, 9.17) is 0 Å². The number of imidazole rings is 1. The number of carbonyl (C=O) groups excluding carboxylic acids is 1. The van der Waals surface area contributed by atoms with Crippen molar-refractivity contribution in [3.8, 4) is 11.3 Å². The van der Waals surface area contributed by atoms with Crippen molar-refractivity contribution in [2.75, 3.05) is 33.2 Å². The van der Waals surface area contributed by atoms with Crippen molar-refractivity contribution < 1.29 is 14.3 Å². The lowest BCUT2D eigenvalue weighted by atomic mass is 9.92. The lowest BCUT2D eigenvalue weighted by Crippen LogP contribution is -2.36. The van der Waals surface area contributed by atoms with Crippen LogP contribution in [0.4, 0.5) is 4.53 Å². The molecule has 2 saturated heterocycles. The number of nitrogens with zero attached hydrogens (tertiary/aromatic N) is 3. The van der Waals surface area contributed by atoms with E-state index in [2.05, 4.69) is 44.8 Å². The van der Waals surface area contributed by atoms with Gasteiger partial charge >= 0.3 is 5.69 Å². The first-order chi connectivity index (χ1) is 20.1. The molecule has 0 radical (unpaired) electrons. The van der Waals surface area contributed by atoms with Gasteiger partial charge in [-0.25, -0.2) is 4.79 Å². The van der Waals surface area contributed by atoms with Crippen molar-refractivity contribution >= 4 is 6.41 Å². The summed E-state index contributed by atoms with van der Waals surface area (Å²) in [6.45, 7) is 3.39. The van der Waals surface area contributed by atoms with E-state index in [1.807, 2.05) is 42.6 Å². The lowest BCUT2D eigenvalue weighted by molar-refractivity contribution is -0.229. The monoisotopic (exact) mass is 565 g/mol. The van der Waals surface area contributed by atoms with Crippen LogP contribution in [0.15, 0.2) is 71.7 Å². The van der Waals surface area contributed by atoms with Crippen LogP contribution in [-0.4, -0.2) is 65.2 Å². The Morgan fingerprint density at radius 3 is 2.17 bits per heavy atom. The number of piperidine rings is 1. The van der Waals surface area contributed by atoms with Gasteiger partial charge in [-0.3, -0.25) is 14.3 Å². The zero-order chi connectivity index (χ0) is 29.0. The average molecular weight is 566 g/mol. The number of hydrogen-bond acceptors (Lipinski definition) is 5. The molecule has 9 heteroatoms. The third-order valence-electron chi connectivity index (χ3n) is 8.37. The van der Waals surface area contributed by atoms with Gasteiger partial charge in [0.1, 0.15) is 0 Å². The fraction of sp³-hybridized carbons (Fsp3) is 0.500. The number of nitrogens with two attached hydrogens (primary N) is 1. The van der Waals surface area contributed by atoms with Gasteiger partial charge in [0, 0.05) is 38.4 Å². The Morgan fingerprint density at radius 1 is 0.902 bits per heavy atom. The second-order valence-corrected chi connectivity index (χ2v) is 11.1. The Kier molecular flexibility index (Phi) is 11.7. The third kappa shape index (κ3) is 8.61. The maximum absolute atomic E-state index is 12.8. The van der Waals surface area contributed by atoms with Crippen LogP contribution < -0.4 is 11.4 Å². The number of likely N-dealkylation sites (tertiary alicyclic amines) is 2. The molecule has 2 aliphatic heterocycles. The Morgan fingerprint density at radius 2 is 1.56 bits per heavy atom. The summed E-state index contributed by atoms with van der Waals surface area (Å²) < 4.78 is 14.5. The van der Waals surface area contributed by atoms with Crippen molar-refractivity contribution in [2.24, 2.45) is 11.7 Å². The van der Waals surface area contributed by atoms with Gasteiger partial charge in [0.25, 0.3) is 0 Å². The summed E-state index contributed by atoms with van der Waals surface area (Å²) in [4.78, 5) is 33.9. The number of halogens is 1. The van der Waals surface area contributed by atoms with Gasteiger partial charge in [0.2, 0.25) is 6.41 Å². The largest absolute Gasteiger partial charge is 0.345 e. The van der Waals surface area contributed by atoms with Gasteiger partial charge in [0.15, 0.2) is 6.23 Å². The van der Waals surface area contributed by atoms with E-state index < -0.39 is 0 Å². The number of hydrogen-bond donors (Lipinski definition) is 2. The fourth-order valence-corrected chi connectivity index (χ4v) is 5.85. The molecule has 6 rings (SSSR count). The molecule has 2 aromatic carbocycles. The Labute approximate surface area is 242 Å². The standard InChI is InChI=1S/C16H22FNO.C15H17N3O2.CH5N/c17-19-16-9-8-15(14-4-2-1-3-5-14)10-11-18(16)12-13-6-7-13;19-11-17-8-6-13(7-9-17)18-10-14(16-15(18)20)12-4-2-1-3-5-12;1-2/h1-5,13,15-16H,6-12H2;1-5,10-11,13H,6-9H2,(H,16,20);2H2,1H3. The highest BCUT2D eigenvalue weighted by Gasteiger charge is 2.32. The van der Waals surface area contributed by atoms with Crippen molar-refractivity contribution in [1.82, 2.24) is 19.4 Å². The summed E-state index contributed by atoms with van der Waals surface area (Å²) in [6.07, 6.45) is 9.61. The van der Waals surface area contributed by atoms with E-state index in [0.717, 1.165) is 68.8 Å². The van der Waals surface area contributed by atoms with E-state index in [1.54, 1.807) is 9.47 Å². The molecule has 41 heavy (non-hydrogen) atoms. The summed E-state index contributed by atoms with van der Waals surface area (Å²) in [7, 11) is 1.50. The van der Waals surface area contributed by atoms with Crippen LogP contribution in [0.2, 0.25) is 0 Å². The quantitative estimate of drug-likeness (QED) is 0.389. The molecule has 0 spiro atoms. The molecular weight excluding hydrogens is 521 g/mol. The molecule has 1 saturated carbocycles. The molecule has 3 fully saturated rings. The third-order valence-corrected chi connectivity index (χ3v) is 8.37. The molecule has 3 heterocycles. The van der Waals surface area contributed by atoms with Crippen LogP contribution in [-0.2, 0) is 9.74 Å². The number of benzene rings is 2. The molecule has 222 valence electrons. The van der Waals surface area contributed by atoms with E-state index in [-0.39, 0.29) is 18.0 Å². The minimum atomic E-state index is -0.325. The highest BCUT2D eigenvalue weighted by molar-refractivity contribution is 5.57. The van der Waals surface area contributed by atoms with Crippen molar-refractivity contribution in [1.29, 1.82) is 0 Å². The first-order valence-electron chi connectivity index (χ1n) is 14.8. The van der Waals surface area contributed by atoms with Crippen LogP contribution in [0.5, 0.6) is 0 Å². The summed E-state index contributed by atoms with van der Waals surface area (Å²) >= 11 is 0. The van der Waals surface area contributed by atoms with E-state index in [1.165, 1.54) is 25.5 Å². The van der Waals surface area contributed by atoms with Crippen molar-refractivity contribution in [3.63, 3.8) is 0 Å². The summed E-state index contributed by atoms with van der Waals surface area (Å²) in [5.41, 5.74) is 7.66. The average Bonchev–Trinajstić information content (AvgIpc) is 3.82. The maximum Gasteiger partial charge on any atom is 0.326 e. The van der Waals surface area contributed by atoms with Crippen LogP contribution >= 0.6 is 0 Å². The zero-order valence-corrected chi connectivity index (χ0v) is 24.0. The highest BCUT2D eigenvalue weighted by Crippen LogP contribution is 2.35. The van der Waals surface area contributed by atoms with E-state index in [9.17, 15) is 14.1 Å². The van der Waals surface area contributed by atoms with Crippen LogP contribution in [0.1, 0.15) is 62.5 Å². The molecule has 2 unspecified atom stereocenters. The lowest BCUT2D eigenvalue weighted by Gasteiger charge is -2.29. The van der Waals surface area contributed by atoms with Gasteiger partial charge in [-0.05, 0) is 79.5 Å². The molecular formula is C32H44FN5O3. The van der Waals surface area contributed by atoms with Gasteiger partial charge in [-0.1, -0.05) is 60.7 Å². The Bertz CT molecular complexity index is 1220. The molecule has 2 atom stereocenters. The van der Waals surface area contributed by atoms with Gasteiger partial charge in [0.05, 0.1) is 5.69 Å². The Balaban J connectivity index is 0.000000178. The predicted octanol–water partition coefficient (Wildman–Crippen LogP) is 5.10. The molecule has 3 aromatic rings.